The first kappa shape index (κ1) is 14.7. The van der Waals surface area contributed by atoms with Gasteiger partial charge in [-0.1, -0.05) is 0 Å². The lowest BCUT2D eigenvalue weighted by atomic mass is 10.1. The lowest BCUT2D eigenvalue weighted by molar-refractivity contribution is -0.161. The van der Waals surface area contributed by atoms with E-state index in [0.29, 0.717) is 0 Å². The van der Waals surface area contributed by atoms with Crippen LogP contribution in [0.2, 0.25) is 0 Å². The van der Waals surface area contributed by atoms with Gasteiger partial charge in [-0.15, -0.1) is 0 Å². The molecule has 0 aliphatic carbocycles. The van der Waals surface area contributed by atoms with E-state index in [4.69, 9.17) is 24.9 Å². The molecule has 0 radical (unpaired) electrons. The Morgan fingerprint density at radius 1 is 1.56 bits per heavy atom. The van der Waals surface area contributed by atoms with Gasteiger partial charge in [-0.05, 0) is 13.8 Å². The minimum Gasteiger partial charge on any atom is -0.465 e. The van der Waals surface area contributed by atoms with Gasteiger partial charge in [0.15, 0.2) is 5.79 Å². The van der Waals surface area contributed by atoms with Crippen LogP contribution in [0.4, 0.5) is 4.79 Å². The summed E-state index contributed by atoms with van der Waals surface area (Å²) in [5.74, 6) is -0.687. The predicted molar refractivity (Wildman–Crippen MR) is 60.7 cm³/mol. The van der Waals surface area contributed by atoms with Crippen LogP contribution < -0.4 is 0 Å². The molecular weight excluding hydrogens is 240 g/mol. The molecule has 2 N–H and O–H groups in total. The third-order valence-corrected chi connectivity index (χ3v) is 2.81. The van der Waals surface area contributed by atoms with Crippen LogP contribution in [0.5, 0.6) is 0 Å². The van der Waals surface area contributed by atoms with E-state index in [2.05, 4.69) is 0 Å². The molecule has 2 heterocycles. The number of carbonyl (C=O) groups is 1. The second-order valence-electron chi connectivity index (χ2n) is 4.55. The van der Waals surface area contributed by atoms with Crippen molar-refractivity contribution in [2.24, 2.45) is 0 Å². The fourth-order valence-corrected chi connectivity index (χ4v) is 2.26. The molecule has 2 aliphatic rings. The van der Waals surface area contributed by atoms with Crippen LogP contribution in [-0.4, -0.2) is 58.4 Å². The number of nitriles is 1. The SMILES string of the molecule is CC#N.CC1(C)O[C@H]2[C@@H](CO)N(C(=O)O)C[C@H]2O1. The van der Waals surface area contributed by atoms with E-state index in [1.165, 1.54) is 11.8 Å². The molecular formula is C11H18N2O5. The van der Waals surface area contributed by atoms with Gasteiger partial charge < -0.3 is 19.7 Å². The molecule has 18 heavy (non-hydrogen) atoms. The second-order valence-corrected chi connectivity index (χ2v) is 4.55. The smallest absolute Gasteiger partial charge is 0.407 e. The normalized spacial score (nSPS) is 32.2. The number of ether oxygens (including phenoxy) is 2. The van der Waals surface area contributed by atoms with Crippen LogP contribution in [0, 0.1) is 11.3 Å². The van der Waals surface area contributed by atoms with E-state index in [1.807, 2.05) is 0 Å². The molecule has 0 unspecified atom stereocenters. The Balaban J connectivity index is 0.000000492. The predicted octanol–water partition coefficient (Wildman–Crippen LogP) is 0.391. The Morgan fingerprint density at radius 2 is 2.11 bits per heavy atom. The molecule has 7 nitrogen and oxygen atoms in total. The molecule has 2 saturated heterocycles. The summed E-state index contributed by atoms with van der Waals surface area (Å²) in [7, 11) is 0. The third kappa shape index (κ3) is 2.90. The number of likely N-dealkylation sites (tertiary alicyclic amines) is 1. The van der Waals surface area contributed by atoms with Crippen LogP contribution in [-0.2, 0) is 9.47 Å². The van der Waals surface area contributed by atoms with Crippen LogP contribution >= 0.6 is 0 Å². The van der Waals surface area contributed by atoms with Crippen LogP contribution in [0.3, 0.4) is 0 Å². The van der Waals surface area contributed by atoms with E-state index in [9.17, 15) is 4.79 Å². The average Bonchev–Trinajstić information content (AvgIpc) is 2.70. The molecule has 2 rings (SSSR count). The van der Waals surface area contributed by atoms with Crippen LogP contribution in [0.1, 0.15) is 20.8 Å². The van der Waals surface area contributed by atoms with Gasteiger partial charge >= 0.3 is 6.09 Å². The van der Waals surface area contributed by atoms with Crippen molar-refractivity contribution in [1.29, 1.82) is 5.26 Å². The highest BCUT2D eigenvalue weighted by Gasteiger charge is 2.53. The zero-order chi connectivity index (χ0) is 13.9. The third-order valence-electron chi connectivity index (χ3n) is 2.81. The number of aliphatic hydroxyl groups excluding tert-OH is 1. The van der Waals surface area contributed by atoms with Gasteiger partial charge in [0, 0.05) is 6.92 Å². The number of carboxylic acid groups (broad SMARTS) is 1. The molecule has 0 aromatic heterocycles. The largest absolute Gasteiger partial charge is 0.465 e. The lowest BCUT2D eigenvalue weighted by Gasteiger charge is -2.26. The Labute approximate surface area is 106 Å². The second kappa shape index (κ2) is 5.52. The maximum atomic E-state index is 10.9. The summed E-state index contributed by atoms with van der Waals surface area (Å²) in [6.07, 6.45) is -1.68. The summed E-state index contributed by atoms with van der Waals surface area (Å²) in [5.41, 5.74) is 0. The molecule has 0 aromatic rings. The first-order chi connectivity index (χ1) is 8.36. The van der Waals surface area contributed by atoms with E-state index < -0.39 is 17.9 Å². The van der Waals surface area contributed by atoms with Crippen LogP contribution in [0.25, 0.3) is 0 Å². The number of rotatable bonds is 1. The first-order valence-corrected chi connectivity index (χ1v) is 5.63. The van der Waals surface area contributed by atoms with Crippen molar-refractivity contribution in [3.63, 3.8) is 0 Å². The van der Waals surface area contributed by atoms with Gasteiger partial charge in [0.25, 0.3) is 0 Å². The van der Waals surface area contributed by atoms with E-state index in [0.717, 1.165) is 0 Å². The lowest BCUT2D eigenvalue weighted by Crippen LogP contribution is -2.43. The number of amides is 1. The van der Waals surface area contributed by atoms with Crippen molar-refractivity contribution >= 4 is 6.09 Å². The molecule has 3 atom stereocenters. The van der Waals surface area contributed by atoms with Gasteiger partial charge in [0.1, 0.15) is 12.2 Å². The van der Waals surface area contributed by atoms with Crippen molar-refractivity contribution < 1.29 is 24.5 Å². The Bertz CT molecular complexity index is 352. The molecule has 2 aliphatic heterocycles. The summed E-state index contributed by atoms with van der Waals surface area (Å²) in [6, 6.07) is 1.23. The zero-order valence-electron chi connectivity index (χ0n) is 10.7. The maximum Gasteiger partial charge on any atom is 0.407 e. The topological polar surface area (TPSA) is 103 Å². The first-order valence-electron chi connectivity index (χ1n) is 5.63. The summed E-state index contributed by atoms with van der Waals surface area (Å²) in [6.45, 7) is 5.01. The number of fused-ring (bicyclic) bond motifs is 1. The van der Waals surface area contributed by atoms with E-state index >= 15 is 0 Å². The summed E-state index contributed by atoms with van der Waals surface area (Å²) >= 11 is 0. The van der Waals surface area contributed by atoms with Crippen molar-refractivity contribution in [3.8, 4) is 6.07 Å². The number of nitrogens with zero attached hydrogens (tertiary/aromatic N) is 2. The Morgan fingerprint density at radius 3 is 2.56 bits per heavy atom. The molecule has 7 heteroatoms. The van der Waals surface area contributed by atoms with E-state index in [-0.39, 0.29) is 25.4 Å². The molecule has 0 aromatic carbocycles. The maximum absolute atomic E-state index is 10.9. The van der Waals surface area contributed by atoms with Crippen molar-refractivity contribution in [3.05, 3.63) is 0 Å². The van der Waals surface area contributed by atoms with Gasteiger partial charge in [-0.3, -0.25) is 4.90 Å². The number of hydrogen-bond acceptors (Lipinski definition) is 5. The fourth-order valence-electron chi connectivity index (χ4n) is 2.26. The van der Waals surface area contributed by atoms with Gasteiger partial charge in [-0.25, -0.2) is 4.79 Å². The summed E-state index contributed by atoms with van der Waals surface area (Å²) in [5, 5.41) is 25.4. The molecule has 0 saturated carbocycles. The van der Waals surface area contributed by atoms with Crippen molar-refractivity contribution in [2.45, 2.75) is 44.8 Å². The highest BCUT2D eigenvalue weighted by atomic mass is 16.8. The fraction of sp³-hybridized carbons (Fsp3) is 0.818. The number of aliphatic hydroxyl groups is 1. The summed E-state index contributed by atoms with van der Waals surface area (Å²) < 4.78 is 11.1. The minimum absolute atomic E-state index is 0.243. The quantitative estimate of drug-likeness (QED) is 0.705. The highest BCUT2D eigenvalue weighted by Crippen LogP contribution is 2.36. The molecule has 1 amide bonds. The van der Waals surface area contributed by atoms with Crippen molar-refractivity contribution in [2.75, 3.05) is 13.2 Å². The molecule has 0 spiro atoms. The summed E-state index contributed by atoms with van der Waals surface area (Å²) in [4.78, 5) is 12.0. The van der Waals surface area contributed by atoms with Gasteiger partial charge in [0.2, 0.25) is 0 Å². The van der Waals surface area contributed by atoms with E-state index in [1.54, 1.807) is 19.9 Å². The minimum atomic E-state index is -1.05. The molecule has 2 fully saturated rings. The Hall–Kier alpha value is -1.36. The standard InChI is InChI=1S/C9H15NO5.C2H3N/c1-9(2)14-6-3-10(8(12)13)5(4-11)7(6)15-9;1-2-3/h5-7,11H,3-4H2,1-2H3,(H,12,13);1H3/t5-,6-,7+;/m1./s1. The molecule has 102 valence electrons. The monoisotopic (exact) mass is 258 g/mol. The van der Waals surface area contributed by atoms with Gasteiger partial charge in [-0.2, -0.15) is 5.26 Å². The number of hydrogen-bond donors (Lipinski definition) is 2. The Kier molecular flexibility index (Phi) is 4.51. The van der Waals surface area contributed by atoms with Crippen molar-refractivity contribution in [1.82, 2.24) is 4.90 Å². The van der Waals surface area contributed by atoms with Gasteiger partial charge in [0.05, 0.1) is 25.3 Å². The van der Waals surface area contributed by atoms with Crippen LogP contribution in [0.15, 0.2) is 0 Å². The zero-order valence-corrected chi connectivity index (χ0v) is 10.7. The highest BCUT2D eigenvalue weighted by molar-refractivity contribution is 5.66. The molecule has 0 bridgehead atoms. The average molecular weight is 258 g/mol.